The maximum atomic E-state index is 13.3. The van der Waals surface area contributed by atoms with E-state index in [0.717, 1.165) is 6.20 Å². The van der Waals surface area contributed by atoms with Gasteiger partial charge in [0.2, 0.25) is 16.0 Å². The minimum atomic E-state index is -4.59. The number of nitrogens with one attached hydrogen (secondary N) is 1. The summed E-state index contributed by atoms with van der Waals surface area (Å²) in [7, 11) is -3.22. The summed E-state index contributed by atoms with van der Waals surface area (Å²) in [6.45, 7) is 4.54. The zero-order valence-electron chi connectivity index (χ0n) is 15.9. The van der Waals surface area contributed by atoms with Crippen molar-refractivity contribution < 1.29 is 21.6 Å². The van der Waals surface area contributed by atoms with Crippen molar-refractivity contribution in [1.29, 1.82) is 0 Å². The first-order valence-corrected chi connectivity index (χ1v) is 10.8. The van der Waals surface area contributed by atoms with Gasteiger partial charge in [-0.3, -0.25) is 0 Å². The monoisotopic (exact) mass is 420 g/mol. The lowest BCUT2D eigenvalue weighted by Gasteiger charge is -2.30. The Morgan fingerprint density at radius 1 is 1.29 bits per heavy atom. The molecule has 12 heteroatoms. The van der Waals surface area contributed by atoms with Gasteiger partial charge in [-0.2, -0.15) is 13.2 Å². The van der Waals surface area contributed by atoms with Crippen molar-refractivity contribution in [2.24, 2.45) is 5.92 Å². The van der Waals surface area contributed by atoms with Crippen molar-refractivity contribution >= 4 is 21.5 Å². The predicted molar refractivity (Wildman–Crippen MR) is 97.4 cm³/mol. The highest BCUT2D eigenvalue weighted by molar-refractivity contribution is 7.88. The van der Waals surface area contributed by atoms with Crippen molar-refractivity contribution in [2.45, 2.75) is 45.3 Å². The number of imidazole rings is 1. The highest BCUT2D eigenvalue weighted by atomic mass is 32.2. The molecule has 1 fully saturated rings. The first kappa shape index (κ1) is 20.8. The molecule has 0 unspecified atom stereocenters. The van der Waals surface area contributed by atoms with Crippen LogP contribution in [0.3, 0.4) is 0 Å². The molecule has 0 aliphatic carbocycles. The number of nitrogens with zero attached hydrogens (tertiary/aromatic N) is 5. The Hall–Kier alpha value is -1.95. The predicted octanol–water partition coefficient (Wildman–Crippen LogP) is 2.18. The molecule has 1 saturated heterocycles. The van der Waals surface area contributed by atoms with E-state index >= 15 is 0 Å². The van der Waals surface area contributed by atoms with Crippen LogP contribution in [0.15, 0.2) is 6.20 Å². The standard InChI is InChI=1S/C16H23F3N6O2S/c1-10(2)8-13-22-14(16(17,18)19)12-9-20-15(23-25(12)13)21-11-4-6-24(7-5-11)28(3,26)27/h9-11H,4-8H2,1-3H3,(H,21,23). The number of piperidine rings is 1. The maximum absolute atomic E-state index is 13.3. The third kappa shape index (κ3) is 4.54. The molecule has 2 aromatic heterocycles. The van der Waals surface area contributed by atoms with Crippen molar-refractivity contribution in [1.82, 2.24) is 23.9 Å². The van der Waals surface area contributed by atoms with Crippen molar-refractivity contribution in [2.75, 3.05) is 24.7 Å². The largest absolute Gasteiger partial charge is 0.435 e. The highest BCUT2D eigenvalue weighted by Crippen LogP contribution is 2.32. The van der Waals surface area contributed by atoms with Gasteiger partial charge in [0, 0.05) is 25.6 Å². The lowest BCUT2D eigenvalue weighted by molar-refractivity contribution is -0.139. The Kier molecular flexibility index (Phi) is 5.54. The van der Waals surface area contributed by atoms with Crippen LogP contribution in [0.25, 0.3) is 5.52 Å². The van der Waals surface area contributed by atoms with Gasteiger partial charge < -0.3 is 5.32 Å². The highest BCUT2D eigenvalue weighted by Gasteiger charge is 2.37. The van der Waals surface area contributed by atoms with Crippen LogP contribution in [-0.4, -0.2) is 57.7 Å². The number of alkyl halides is 3. The first-order valence-electron chi connectivity index (χ1n) is 8.98. The summed E-state index contributed by atoms with van der Waals surface area (Å²) in [5.41, 5.74) is -1.17. The molecule has 1 aliphatic rings. The average Bonchev–Trinajstić information content (AvgIpc) is 2.92. The topological polar surface area (TPSA) is 92.5 Å². The lowest BCUT2D eigenvalue weighted by Crippen LogP contribution is -2.42. The summed E-state index contributed by atoms with van der Waals surface area (Å²) < 4.78 is 65.6. The molecule has 1 N–H and O–H groups in total. The fraction of sp³-hybridized carbons (Fsp3) is 0.688. The zero-order valence-corrected chi connectivity index (χ0v) is 16.7. The second-order valence-corrected chi connectivity index (χ2v) is 9.41. The number of halogens is 3. The van der Waals surface area contributed by atoms with Gasteiger partial charge in [0.1, 0.15) is 11.3 Å². The molecule has 8 nitrogen and oxygen atoms in total. The molecule has 3 heterocycles. The van der Waals surface area contributed by atoms with E-state index in [2.05, 4.69) is 20.4 Å². The van der Waals surface area contributed by atoms with Gasteiger partial charge in [0.15, 0.2) is 5.69 Å². The molecule has 2 aromatic rings. The Morgan fingerprint density at radius 2 is 1.93 bits per heavy atom. The number of hydrogen-bond acceptors (Lipinski definition) is 6. The molecule has 0 amide bonds. The van der Waals surface area contributed by atoms with E-state index in [0.29, 0.717) is 32.4 Å². The molecule has 28 heavy (non-hydrogen) atoms. The van der Waals surface area contributed by atoms with Gasteiger partial charge in [-0.1, -0.05) is 13.8 Å². The fourth-order valence-electron chi connectivity index (χ4n) is 3.23. The lowest BCUT2D eigenvalue weighted by atomic mass is 10.1. The number of sulfonamides is 1. The summed E-state index contributed by atoms with van der Waals surface area (Å²) in [5.74, 6) is 0.537. The molecule has 1 aliphatic heterocycles. The second kappa shape index (κ2) is 7.47. The summed E-state index contributed by atoms with van der Waals surface area (Å²) in [6.07, 6.45) is -0.820. The van der Waals surface area contributed by atoms with E-state index < -0.39 is 21.9 Å². The van der Waals surface area contributed by atoms with E-state index in [1.165, 1.54) is 15.1 Å². The summed E-state index contributed by atoms with van der Waals surface area (Å²) in [4.78, 5) is 7.78. The Bertz CT molecular complexity index is 949. The summed E-state index contributed by atoms with van der Waals surface area (Å²) in [5, 5.41) is 7.32. The third-order valence-electron chi connectivity index (χ3n) is 4.58. The Balaban J connectivity index is 1.84. The van der Waals surface area contributed by atoms with Crippen LogP contribution in [0.5, 0.6) is 0 Å². The molecule has 0 spiro atoms. The SMILES string of the molecule is CC(C)Cc1nc(C(F)(F)F)c2cnc(NC3CCN(S(C)(=O)=O)CC3)nn12. The minimum Gasteiger partial charge on any atom is -0.350 e. The molecule has 0 saturated carbocycles. The van der Waals surface area contributed by atoms with Crippen molar-refractivity contribution in [3.8, 4) is 0 Å². The summed E-state index contributed by atoms with van der Waals surface area (Å²) in [6, 6.07) is -0.0605. The van der Waals surface area contributed by atoms with Crippen LogP contribution in [-0.2, 0) is 22.6 Å². The Morgan fingerprint density at radius 3 is 2.46 bits per heavy atom. The molecular weight excluding hydrogens is 397 g/mol. The number of anilines is 1. The molecule has 3 rings (SSSR count). The van der Waals surface area contributed by atoms with Crippen molar-refractivity contribution in [3.63, 3.8) is 0 Å². The third-order valence-corrected chi connectivity index (χ3v) is 5.88. The van der Waals surface area contributed by atoms with Crippen LogP contribution < -0.4 is 5.32 Å². The normalized spacial score (nSPS) is 17.5. The molecule has 0 atom stereocenters. The molecule has 0 bridgehead atoms. The zero-order chi connectivity index (χ0) is 20.7. The van der Waals surface area contributed by atoms with Crippen LogP contribution >= 0.6 is 0 Å². The van der Waals surface area contributed by atoms with Gasteiger partial charge >= 0.3 is 6.18 Å². The number of aromatic nitrogens is 4. The van der Waals surface area contributed by atoms with Gasteiger partial charge in [0.25, 0.3) is 0 Å². The number of fused-ring (bicyclic) bond motifs is 1. The van der Waals surface area contributed by atoms with E-state index in [1.807, 2.05) is 13.8 Å². The Labute approximate surface area is 161 Å². The second-order valence-electron chi connectivity index (χ2n) is 7.43. The number of rotatable bonds is 5. The van der Waals surface area contributed by atoms with Gasteiger partial charge in [-0.05, 0) is 18.8 Å². The van der Waals surface area contributed by atoms with Gasteiger partial charge in [-0.15, -0.1) is 5.10 Å². The first-order chi connectivity index (χ1) is 12.9. The van der Waals surface area contributed by atoms with E-state index in [1.54, 1.807) is 0 Å². The average molecular weight is 420 g/mol. The maximum Gasteiger partial charge on any atom is 0.435 e. The fourth-order valence-corrected chi connectivity index (χ4v) is 4.10. The van der Waals surface area contributed by atoms with Gasteiger partial charge in [0.05, 0.1) is 12.5 Å². The quantitative estimate of drug-likeness (QED) is 0.797. The van der Waals surface area contributed by atoms with Crippen LogP contribution in [0, 0.1) is 5.92 Å². The minimum absolute atomic E-state index is 0.0605. The molecular formula is C16H23F3N6O2S. The number of hydrogen-bond donors (Lipinski definition) is 1. The van der Waals surface area contributed by atoms with Crippen LogP contribution in [0.1, 0.15) is 38.2 Å². The van der Waals surface area contributed by atoms with Crippen molar-refractivity contribution in [3.05, 3.63) is 17.7 Å². The van der Waals surface area contributed by atoms with E-state index in [9.17, 15) is 21.6 Å². The molecule has 0 aromatic carbocycles. The smallest absolute Gasteiger partial charge is 0.350 e. The van der Waals surface area contributed by atoms with E-state index in [-0.39, 0.29) is 29.2 Å². The summed E-state index contributed by atoms with van der Waals surface area (Å²) >= 11 is 0. The van der Waals surface area contributed by atoms with E-state index in [4.69, 9.17) is 0 Å². The van der Waals surface area contributed by atoms with Crippen LogP contribution in [0.2, 0.25) is 0 Å². The van der Waals surface area contributed by atoms with Gasteiger partial charge in [-0.25, -0.2) is 27.2 Å². The van der Waals surface area contributed by atoms with Crippen LogP contribution in [0.4, 0.5) is 19.1 Å². The molecule has 0 radical (unpaired) electrons. The molecule has 156 valence electrons.